The third-order valence-electron chi connectivity index (χ3n) is 7.87. The highest BCUT2D eigenvalue weighted by atomic mass is 19.1. The van der Waals surface area contributed by atoms with Crippen molar-refractivity contribution in [3.63, 3.8) is 0 Å². The van der Waals surface area contributed by atoms with E-state index >= 15 is 4.39 Å². The second-order valence-corrected chi connectivity index (χ2v) is 10.9. The Hall–Kier alpha value is -4.96. The number of methoxy groups -OCH3 is 1. The van der Waals surface area contributed by atoms with Crippen molar-refractivity contribution in [3.05, 3.63) is 99.2 Å². The SMILES string of the molecule is COCCOCCn1cc(Cc2nc(N)nc(-c3cccc(-n4ccc5cc(C6CC6)cc(F)c5c4=O)c3CO)n2)cc1C#N. The van der Waals surface area contributed by atoms with Gasteiger partial charge < -0.3 is 24.9 Å². The van der Waals surface area contributed by atoms with E-state index in [0.717, 1.165) is 24.0 Å². The van der Waals surface area contributed by atoms with Gasteiger partial charge in [0.2, 0.25) is 5.95 Å². The van der Waals surface area contributed by atoms with Crippen molar-refractivity contribution in [2.45, 2.75) is 38.3 Å². The maximum absolute atomic E-state index is 15.2. The van der Waals surface area contributed by atoms with E-state index in [4.69, 9.17) is 15.2 Å². The molecule has 1 fully saturated rings. The first-order chi connectivity index (χ1) is 21.9. The summed E-state index contributed by atoms with van der Waals surface area (Å²) in [4.78, 5) is 26.8. The minimum absolute atomic E-state index is 0.00639. The maximum atomic E-state index is 15.2. The second-order valence-electron chi connectivity index (χ2n) is 10.9. The summed E-state index contributed by atoms with van der Waals surface area (Å²) >= 11 is 0. The van der Waals surface area contributed by atoms with Crippen LogP contribution in [0.1, 0.15) is 47.0 Å². The third kappa shape index (κ3) is 6.32. The fourth-order valence-corrected chi connectivity index (χ4v) is 5.54. The van der Waals surface area contributed by atoms with Gasteiger partial charge in [0.1, 0.15) is 23.4 Å². The van der Waals surface area contributed by atoms with Crippen LogP contribution in [0.5, 0.6) is 0 Å². The molecular formula is C33H32FN7O4. The van der Waals surface area contributed by atoms with Crippen LogP contribution in [-0.2, 0) is 29.0 Å². The van der Waals surface area contributed by atoms with Crippen LogP contribution >= 0.6 is 0 Å². The van der Waals surface area contributed by atoms with Gasteiger partial charge in [-0.3, -0.25) is 9.36 Å². The third-order valence-corrected chi connectivity index (χ3v) is 7.87. The van der Waals surface area contributed by atoms with Gasteiger partial charge in [-0.15, -0.1) is 0 Å². The molecule has 0 unspecified atom stereocenters. The molecule has 0 spiro atoms. The van der Waals surface area contributed by atoms with Crippen LogP contribution in [0.15, 0.2) is 59.7 Å². The smallest absolute Gasteiger partial charge is 0.265 e. The van der Waals surface area contributed by atoms with Crippen LogP contribution in [0.4, 0.5) is 10.3 Å². The number of nitrogens with two attached hydrogens (primary N) is 1. The first-order valence-corrected chi connectivity index (χ1v) is 14.6. The highest BCUT2D eigenvalue weighted by Crippen LogP contribution is 2.41. The zero-order chi connectivity index (χ0) is 31.5. The minimum atomic E-state index is -0.558. The van der Waals surface area contributed by atoms with Crippen LogP contribution in [0.25, 0.3) is 27.8 Å². The van der Waals surface area contributed by atoms with E-state index in [1.54, 1.807) is 48.2 Å². The average molecular weight is 610 g/mol. The molecule has 0 atom stereocenters. The van der Waals surface area contributed by atoms with Gasteiger partial charge in [-0.1, -0.05) is 18.2 Å². The molecule has 6 rings (SSSR count). The Kier molecular flexibility index (Phi) is 8.66. The summed E-state index contributed by atoms with van der Waals surface area (Å²) in [6.07, 6.45) is 5.75. The fraction of sp³-hybridized carbons (Fsp3) is 0.303. The second kappa shape index (κ2) is 13.0. The first-order valence-electron chi connectivity index (χ1n) is 14.6. The van der Waals surface area contributed by atoms with Gasteiger partial charge in [-0.2, -0.15) is 15.2 Å². The molecule has 1 aliphatic rings. The number of nitriles is 1. The molecule has 0 bridgehead atoms. The number of aromatic nitrogens is 5. The quantitative estimate of drug-likeness (QED) is 0.201. The van der Waals surface area contributed by atoms with Gasteiger partial charge in [0.25, 0.3) is 5.56 Å². The summed E-state index contributed by atoms with van der Waals surface area (Å²) in [5.41, 5.74) is 8.93. The van der Waals surface area contributed by atoms with Gasteiger partial charge in [0, 0.05) is 43.6 Å². The lowest BCUT2D eigenvalue weighted by Crippen LogP contribution is -2.20. The molecule has 0 saturated heterocycles. The standard InChI is InChI=1S/C33H32FN7O4/c1-44-11-12-45-10-9-40-18-20(13-24(40)17-35)14-29-37-31(39-33(36)38-29)25-3-2-4-28(26(25)19-42)41-8-7-22-15-23(21-5-6-21)16-27(34)30(22)32(41)43/h2-4,7-8,13,15-16,18,21,42H,5-6,9-12,14,19H2,1H3,(H2,36,37,38,39). The topological polar surface area (TPSA) is 154 Å². The number of halogens is 1. The predicted molar refractivity (Wildman–Crippen MR) is 165 cm³/mol. The predicted octanol–water partition coefficient (Wildman–Crippen LogP) is 3.86. The van der Waals surface area contributed by atoms with Gasteiger partial charge in [-0.25, -0.2) is 9.37 Å². The molecule has 2 aromatic carbocycles. The van der Waals surface area contributed by atoms with Crippen molar-refractivity contribution < 1.29 is 19.0 Å². The lowest BCUT2D eigenvalue weighted by molar-refractivity contribution is 0.0665. The van der Waals surface area contributed by atoms with Crippen molar-refractivity contribution in [2.75, 3.05) is 32.7 Å². The molecule has 3 aromatic heterocycles. The summed E-state index contributed by atoms with van der Waals surface area (Å²) in [7, 11) is 1.61. The normalized spacial score (nSPS) is 12.9. The van der Waals surface area contributed by atoms with Crippen molar-refractivity contribution in [1.29, 1.82) is 5.26 Å². The van der Waals surface area contributed by atoms with E-state index in [-0.39, 0.29) is 23.6 Å². The number of hydrogen-bond donors (Lipinski definition) is 2. The van der Waals surface area contributed by atoms with Crippen LogP contribution < -0.4 is 11.3 Å². The summed E-state index contributed by atoms with van der Waals surface area (Å²) in [5.74, 6) is 0.343. The van der Waals surface area contributed by atoms with Crippen molar-refractivity contribution in [1.82, 2.24) is 24.1 Å². The molecule has 0 radical (unpaired) electrons. The Balaban J connectivity index is 1.32. The molecule has 1 aliphatic carbocycles. The van der Waals surface area contributed by atoms with E-state index in [0.29, 0.717) is 66.0 Å². The largest absolute Gasteiger partial charge is 0.392 e. The monoisotopic (exact) mass is 609 g/mol. The number of ether oxygens (including phenoxy) is 2. The Morgan fingerprint density at radius 1 is 1.13 bits per heavy atom. The highest BCUT2D eigenvalue weighted by Gasteiger charge is 2.25. The molecule has 3 N–H and O–H groups in total. The number of aliphatic hydroxyl groups excluding tert-OH is 1. The van der Waals surface area contributed by atoms with Gasteiger partial charge >= 0.3 is 0 Å². The van der Waals surface area contributed by atoms with Crippen LogP contribution in [0, 0.1) is 17.1 Å². The number of anilines is 1. The van der Waals surface area contributed by atoms with E-state index < -0.39 is 18.0 Å². The number of aliphatic hydroxyl groups is 1. The van der Waals surface area contributed by atoms with E-state index in [9.17, 15) is 15.2 Å². The Labute approximate surface area is 258 Å². The Bertz CT molecular complexity index is 1980. The number of nitrogens with zero attached hydrogens (tertiary/aromatic N) is 6. The van der Waals surface area contributed by atoms with Crippen LogP contribution in [0.3, 0.4) is 0 Å². The molecule has 230 valence electrons. The van der Waals surface area contributed by atoms with Gasteiger partial charge in [0.15, 0.2) is 5.82 Å². The van der Waals surface area contributed by atoms with Crippen molar-refractivity contribution >= 4 is 16.7 Å². The van der Waals surface area contributed by atoms with Crippen LogP contribution in [-0.4, -0.2) is 56.1 Å². The van der Waals surface area contributed by atoms with E-state index in [1.807, 2.05) is 12.3 Å². The average Bonchev–Trinajstić information content (AvgIpc) is 3.81. The molecule has 1 saturated carbocycles. The summed E-state index contributed by atoms with van der Waals surface area (Å²) < 4.78 is 28.9. The lowest BCUT2D eigenvalue weighted by atomic mass is 10.0. The zero-order valence-electron chi connectivity index (χ0n) is 24.7. The number of nitrogen functional groups attached to an aromatic ring is 1. The fourth-order valence-electron chi connectivity index (χ4n) is 5.54. The number of fused-ring (bicyclic) bond motifs is 1. The summed E-state index contributed by atoms with van der Waals surface area (Å²) in [6.45, 7) is 1.42. The molecular weight excluding hydrogens is 577 g/mol. The summed E-state index contributed by atoms with van der Waals surface area (Å²) in [5, 5.41) is 20.7. The van der Waals surface area contributed by atoms with Crippen molar-refractivity contribution in [2.24, 2.45) is 0 Å². The zero-order valence-corrected chi connectivity index (χ0v) is 24.7. The maximum Gasteiger partial charge on any atom is 0.265 e. The molecule has 12 heteroatoms. The molecule has 45 heavy (non-hydrogen) atoms. The van der Waals surface area contributed by atoms with E-state index in [1.165, 1.54) is 10.6 Å². The summed E-state index contributed by atoms with van der Waals surface area (Å²) in [6, 6.07) is 14.1. The molecule has 3 heterocycles. The number of rotatable bonds is 12. The minimum Gasteiger partial charge on any atom is -0.392 e. The first kappa shape index (κ1) is 30.1. The Morgan fingerprint density at radius 3 is 2.73 bits per heavy atom. The molecule has 5 aromatic rings. The van der Waals surface area contributed by atoms with Crippen molar-refractivity contribution in [3.8, 4) is 23.1 Å². The Morgan fingerprint density at radius 2 is 1.98 bits per heavy atom. The molecule has 11 nitrogen and oxygen atoms in total. The van der Waals surface area contributed by atoms with Gasteiger partial charge in [0.05, 0.1) is 37.5 Å². The van der Waals surface area contributed by atoms with Crippen LogP contribution in [0.2, 0.25) is 0 Å². The number of pyridine rings is 1. The molecule has 0 aliphatic heterocycles. The number of hydrogen-bond acceptors (Lipinski definition) is 9. The van der Waals surface area contributed by atoms with E-state index in [2.05, 4.69) is 21.0 Å². The van der Waals surface area contributed by atoms with Gasteiger partial charge in [-0.05, 0) is 59.5 Å². The highest BCUT2D eigenvalue weighted by molar-refractivity contribution is 5.83. The number of benzene rings is 2. The molecule has 0 amide bonds. The lowest BCUT2D eigenvalue weighted by Gasteiger charge is -2.16.